The van der Waals surface area contributed by atoms with Crippen LogP contribution in [0.3, 0.4) is 0 Å². The number of piperazine rings is 1. The number of aromatic nitrogens is 2. The molecule has 4 aliphatic carbocycles. The van der Waals surface area contributed by atoms with Gasteiger partial charge in [-0.1, -0.05) is 6.07 Å². The molecule has 10 heteroatoms. The Morgan fingerprint density at radius 3 is 2.22 bits per heavy atom. The van der Waals surface area contributed by atoms with Gasteiger partial charge in [0, 0.05) is 38.4 Å². The Labute approximate surface area is 207 Å². The maximum absolute atomic E-state index is 13.1. The molecule has 2 atom stereocenters. The summed E-state index contributed by atoms with van der Waals surface area (Å²) in [7, 11) is 0. The van der Waals surface area contributed by atoms with Crippen molar-refractivity contribution in [2.45, 2.75) is 49.9 Å². The zero-order chi connectivity index (χ0) is 25.1. The second kappa shape index (κ2) is 8.61. The number of alkyl halides is 3. The minimum atomic E-state index is -4.40. The molecule has 7 nitrogen and oxygen atoms in total. The Bertz CT molecular complexity index is 1120. The molecular weight excluding hydrogens is 471 g/mol. The van der Waals surface area contributed by atoms with Crippen molar-refractivity contribution in [3.05, 3.63) is 47.8 Å². The third kappa shape index (κ3) is 4.40. The van der Waals surface area contributed by atoms with Crippen LogP contribution in [0.2, 0.25) is 0 Å². The third-order valence-corrected chi connectivity index (χ3v) is 8.51. The van der Waals surface area contributed by atoms with E-state index in [9.17, 15) is 23.1 Å². The van der Waals surface area contributed by atoms with E-state index in [1.807, 2.05) is 17.0 Å². The fraction of sp³-hybridized carbons (Fsp3) is 0.577. The molecule has 192 valence electrons. The van der Waals surface area contributed by atoms with Crippen molar-refractivity contribution in [2.75, 3.05) is 36.0 Å². The summed E-state index contributed by atoms with van der Waals surface area (Å²) in [4.78, 5) is 25.8. The number of carbonyl (C=O) groups excluding carboxylic acids is 1. The van der Waals surface area contributed by atoms with Crippen molar-refractivity contribution in [3.8, 4) is 0 Å². The number of nitrogens with zero attached hydrogens (tertiary/aromatic N) is 4. The summed E-state index contributed by atoms with van der Waals surface area (Å²) in [5.41, 5.74) is -0.908. The Kier molecular flexibility index (Phi) is 5.62. The molecule has 7 rings (SSSR count). The number of halogens is 3. The number of pyridine rings is 2. The summed E-state index contributed by atoms with van der Waals surface area (Å²) in [6, 6.07) is 8.00. The van der Waals surface area contributed by atoms with Gasteiger partial charge in [0.1, 0.15) is 17.3 Å². The van der Waals surface area contributed by atoms with E-state index >= 15 is 0 Å². The average Bonchev–Trinajstić information content (AvgIpc) is 2.85. The van der Waals surface area contributed by atoms with Crippen LogP contribution in [0.15, 0.2) is 36.5 Å². The van der Waals surface area contributed by atoms with Crippen LogP contribution in [0, 0.1) is 17.8 Å². The van der Waals surface area contributed by atoms with E-state index in [4.69, 9.17) is 0 Å². The van der Waals surface area contributed by atoms with Crippen LogP contribution < -0.4 is 15.1 Å². The lowest BCUT2D eigenvalue weighted by Gasteiger charge is -2.58. The Morgan fingerprint density at radius 2 is 1.64 bits per heavy atom. The number of carbonyl (C=O) groups is 1. The molecule has 2 unspecified atom stereocenters. The molecule has 2 N–H and O–H groups in total. The number of amides is 1. The molecule has 0 aromatic carbocycles. The molecule has 2 aromatic rings. The molecule has 4 bridgehead atoms. The highest BCUT2D eigenvalue weighted by atomic mass is 19.4. The zero-order valence-corrected chi connectivity index (χ0v) is 19.9. The third-order valence-electron chi connectivity index (χ3n) is 8.51. The molecule has 2 aromatic heterocycles. The number of hydrogen-bond acceptors (Lipinski definition) is 6. The average molecular weight is 502 g/mol. The summed E-state index contributed by atoms with van der Waals surface area (Å²) >= 11 is 0. The smallest absolute Gasteiger partial charge is 0.390 e. The van der Waals surface area contributed by atoms with Gasteiger partial charge in [-0.3, -0.25) is 4.79 Å². The van der Waals surface area contributed by atoms with Gasteiger partial charge in [-0.15, -0.1) is 0 Å². The van der Waals surface area contributed by atoms with Crippen molar-refractivity contribution < 1.29 is 23.1 Å². The maximum Gasteiger partial charge on any atom is 0.417 e. The maximum atomic E-state index is 13.1. The Morgan fingerprint density at radius 1 is 0.972 bits per heavy atom. The Hall–Kier alpha value is -2.88. The zero-order valence-electron chi connectivity index (χ0n) is 19.9. The van der Waals surface area contributed by atoms with Gasteiger partial charge in [0.05, 0.1) is 11.2 Å². The summed E-state index contributed by atoms with van der Waals surface area (Å²) < 4.78 is 38.4. The molecule has 5 aliphatic rings. The van der Waals surface area contributed by atoms with Crippen LogP contribution in [0.1, 0.15) is 48.2 Å². The van der Waals surface area contributed by atoms with E-state index in [-0.39, 0.29) is 11.9 Å². The van der Waals surface area contributed by atoms with E-state index < -0.39 is 17.3 Å². The molecular formula is C26H30F3N5O2. The fourth-order valence-electron chi connectivity index (χ4n) is 7.07. The number of anilines is 2. The minimum Gasteiger partial charge on any atom is -0.390 e. The molecule has 36 heavy (non-hydrogen) atoms. The lowest BCUT2D eigenvalue weighted by atomic mass is 9.52. The molecule has 0 radical (unpaired) electrons. The van der Waals surface area contributed by atoms with E-state index in [1.54, 1.807) is 6.07 Å². The van der Waals surface area contributed by atoms with E-state index in [1.165, 1.54) is 6.07 Å². The van der Waals surface area contributed by atoms with Gasteiger partial charge in [-0.05, 0) is 74.1 Å². The number of nitrogens with one attached hydrogen (secondary N) is 1. The van der Waals surface area contributed by atoms with Crippen molar-refractivity contribution >= 4 is 17.5 Å². The van der Waals surface area contributed by atoms with Crippen molar-refractivity contribution in [1.29, 1.82) is 0 Å². The van der Waals surface area contributed by atoms with Gasteiger partial charge >= 0.3 is 6.18 Å². The number of aliphatic hydroxyl groups is 1. The van der Waals surface area contributed by atoms with Crippen LogP contribution in [0.5, 0.6) is 0 Å². The summed E-state index contributed by atoms with van der Waals surface area (Å²) in [5, 5.41) is 14.0. The summed E-state index contributed by atoms with van der Waals surface area (Å²) in [5.74, 6) is 2.30. The first-order valence-electron chi connectivity index (χ1n) is 12.7. The van der Waals surface area contributed by atoms with Gasteiger partial charge < -0.3 is 20.2 Å². The fourth-order valence-corrected chi connectivity index (χ4v) is 7.07. The lowest BCUT2D eigenvalue weighted by molar-refractivity contribution is -0.138. The molecule has 1 saturated heterocycles. The Balaban J connectivity index is 1.08. The quantitative estimate of drug-likeness (QED) is 0.668. The van der Waals surface area contributed by atoms with Crippen LogP contribution in [-0.4, -0.2) is 58.8 Å². The van der Waals surface area contributed by atoms with Crippen LogP contribution >= 0.6 is 0 Å². The van der Waals surface area contributed by atoms with Crippen molar-refractivity contribution in [3.63, 3.8) is 0 Å². The van der Waals surface area contributed by atoms with Crippen molar-refractivity contribution in [2.24, 2.45) is 17.8 Å². The second-order valence-electron chi connectivity index (χ2n) is 11.0. The lowest BCUT2D eigenvalue weighted by Crippen LogP contribution is -2.61. The molecule has 1 aliphatic heterocycles. The predicted molar refractivity (Wildman–Crippen MR) is 128 cm³/mol. The minimum absolute atomic E-state index is 0.0968. The molecule has 3 heterocycles. The van der Waals surface area contributed by atoms with Gasteiger partial charge in [0.25, 0.3) is 5.91 Å². The topological polar surface area (TPSA) is 81.6 Å². The highest BCUT2D eigenvalue weighted by Gasteiger charge is 2.55. The highest BCUT2D eigenvalue weighted by Crippen LogP contribution is 2.55. The van der Waals surface area contributed by atoms with Gasteiger partial charge in [-0.25, -0.2) is 9.97 Å². The first-order valence-corrected chi connectivity index (χ1v) is 12.7. The van der Waals surface area contributed by atoms with Crippen LogP contribution in [0.4, 0.5) is 24.8 Å². The predicted octanol–water partition coefficient (Wildman–Crippen LogP) is 3.49. The van der Waals surface area contributed by atoms with E-state index in [0.29, 0.717) is 61.3 Å². The first-order chi connectivity index (χ1) is 17.2. The number of rotatable bonds is 4. The van der Waals surface area contributed by atoms with Crippen LogP contribution in [-0.2, 0) is 6.18 Å². The largest absolute Gasteiger partial charge is 0.417 e. The monoisotopic (exact) mass is 501 g/mol. The SMILES string of the molecule is O=C(NC1C2CC3CC1CC(O)(C3)C2)c1cccc(N2CCN(c3ccc(C(F)(F)F)cn3)CC2)n1. The van der Waals surface area contributed by atoms with Gasteiger partial charge in [0.15, 0.2) is 0 Å². The van der Waals surface area contributed by atoms with Crippen molar-refractivity contribution in [1.82, 2.24) is 15.3 Å². The van der Waals surface area contributed by atoms with E-state index in [2.05, 4.69) is 20.2 Å². The highest BCUT2D eigenvalue weighted by molar-refractivity contribution is 5.93. The first kappa shape index (κ1) is 23.5. The van der Waals surface area contributed by atoms with Crippen LogP contribution in [0.25, 0.3) is 0 Å². The van der Waals surface area contributed by atoms with E-state index in [0.717, 1.165) is 44.4 Å². The molecule has 5 fully saturated rings. The summed E-state index contributed by atoms with van der Waals surface area (Å²) in [6.07, 6.45) is 1.09. The van der Waals surface area contributed by atoms with Gasteiger partial charge in [-0.2, -0.15) is 13.2 Å². The molecule has 4 saturated carbocycles. The normalized spacial score (nSPS) is 31.6. The van der Waals surface area contributed by atoms with Gasteiger partial charge in [0.2, 0.25) is 0 Å². The summed E-state index contributed by atoms with van der Waals surface area (Å²) in [6.45, 7) is 2.42. The second-order valence-corrected chi connectivity index (χ2v) is 11.0. The standard InChI is InChI=1S/C26H30F3N5O2/c27-26(28,29)19-4-5-21(30-15-19)33-6-8-34(9-7-33)22-3-1-2-20(31-22)24(35)32-23-17-10-16-11-18(23)14-25(36,12-16)13-17/h1-5,15-18,23,36H,6-14H2,(H,32,35). The molecule has 1 amide bonds. The molecule has 0 spiro atoms. The number of hydrogen-bond donors (Lipinski definition) is 2.